The van der Waals surface area contributed by atoms with Gasteiger partial charge in [-0.15, -0.1) is 0 Å². The standard InChI is InChI=1S/C10H14N2O2.CH4S/c11-9(7-14-10(12)13)6-8-4-2-1-3-5-8;1-2/h1-5,9H,6-7,11H2,(H2,12,13);2H,1H3/t9-;/m1./s1. The van der Waals surface area contributed by atoms with Crippen LogP contribution in [0.15, 0.2) is 30.3 Å². The Hall–Kier alpha value is -1.20. The number of carbonyl (C=O) groups is 1. The van der Waals surface area contributed by atoms with E-state index < -0.39 is 6.09 Å². The fourth-order valence-corrected chi connectivity index (χ4v) is 1.16. The lowest BCUT2D eigenvalue weighted by Crippen LogP contribution is -2.31. The zero-order chi connectivity index (χ0) is 12.4. The summed E-state index contributed by atoms with van der Waals surface area (Å²) in [5.74, 6) is 0. The number of nitrogens with two attached hydrogens (primary N) is 2. The minimum atomic E-state index is -0.784. The Bertz CT molecular complexity index is 293. The van der Waals surface area contributed by atoms with Crippen LogP contribution < -0.4 is 11.5 Å². The molecule has 4 nitrogen and oxygen atoms in total. The van der Waals surface area contributed by atoms with Gasteiger partial charge in [0.2, 0.25) is 0 Å². The zero-order valence-corrected chi connectivity index (χ0v) is 10.2. The lowest BCUT2D eigenvalue weighted by molar-refractivity contribution is 0.149. The maximum atomic E-state index is 10.3. The van der Waals surface area contributed by atoms with E-state index in [0.717, 1.165) is 5.56 Å². The predicted molar refractivity (Wildman–Crippen MR) is 68.6 cm³/mol. The molecule has 0 saturated carbocycles. The quantitative estimate of drug-likeness (QED) is 0.694. The van der Waals surface area contributed by atoms with Crippen molar-refractivity contribution < 1.29 is 9.53 Å². The number of carbonyl (C=O) groups excluding carboxylic acids is 1. The Morgan fingerprint density at radius 3 is 2.44 bits per heavy atom. The third-order valence-corrected chi connectivity index (χ3v) is 1.78. The van der Waals surface area contributed by atoms with E-state index in [1.807, 2.05) is 30.3 Å². The number of amides is 1. The van der Waals surface area contributed by atoms with Gasteiger partial charge in [-0.25, -0.2) is 4.79 Å². The van der Waals surface area contributed by atoms with Crippen LogP contribution in [0, 0.1) is 0 Å². The zero-order valence-electron chi connectivity index (χ0n) is 9.30. The van der Waals surface area contributed by atoms with Gasteiger partial charge in [0.25, 0.3) is 0 Å². The van der Waals surface area contributed by atoms with Crippen LogP contribution in [0.1, 0.15) is 5.56 Å². The molecule has 16 heavy (non-hydrogen) atoms. The van der Waals surface area contributed by atoms with Crippen molar-refractivity contribution in [2.75, 3.05) is 12.9 Å². The van der Waals surface area contributed by atoms with Gasteiger partial charge in [0, 0.05) is 6.04 Å². The monoisotopic (exact) mass is 242 g/mol. The van der Waals surface area contributed by atoms with E-state index >= 15 is 0 Å². The van der Waals surface area contributed by atoms with Gasteiger partial charge < -0.3 is 16.2 Å². The molecule has 0 fully saturated rings. The Morgan fingerprint density at radius 1 is 1.38 bits per heavy atom. The summed E-state index contributed by atoms with van der Waals surface area (Å²) >= 11 is 3.53. The molecule has 0 aliphatic heterocycles. The van der Waals surface area contributed by atoms with Crippen LogP contribution in [0.2, 0.25) is 0 Å². The molecule has 0 aliphatic rings. The van der Waals surface area contributed by atoms with Gasteiger partial charge in [-0.3, -0.25) is 0 Å². The summed E-state index contributed by atoms with van der Waals surface area (Å²) in [6.07, 6.45) is 1.59. The summed E-state index contributed by atoms with van der Waals surface area (Å²) in [4.78, 5) is 10.3. The van der Waals surface area contributed by atoms with E-state index in [4.69, 9.17) is 11.5 Å². The average molecular weight is 242 g/mol. The second-order valence-electron chi connectivity index (χ2n) is 3.08. The van der Waals surface area contributed by atoms with Gasteiger partial charge in [0.15, 0.2) is 0 Å². The van der Waals surface area contributed by atoms with E-state index in [2.05, 4.69) is 17.4 Å². The Morgan fingerprint density at radius 2 is 1.94 bits per heavy atom. The first-order chi connectivity index (χ1) is 7.68. The van der Waals surface area contributed by atoms with Crippen molar-refractivity contribution in [3.8, 4) is 0 Å². The van der Waals surface area contributed by atoms with Gasteiger partial charge in [0.1, 0.15) is 6.61 Å². The average Bonchev–Trinajstić information content (AvgIpc) is 2.30. The normalized spacial score (nSPS) is 10.9. The van der Waals surface area contributed by atoms with Crippen molar-refractivity contribution in [1.82, 2.24) is 0 Å². The van der Waals surface area contributed by atoms with Crippen molar-refractivity contribution >= 4 is 18.7 Å². The number of thiol groups is 1. The molecule has 0 heterocycles. The van der Waals surface area contributed by atoms with Crippen molar-refractivity contribution in [3.63, 3.8) is 0 Å². The number of benzene rings is 1. The van der Waals surface area contributed by atoms with Crippen molar-refractivity contribution in [2.24, 2.45) is 11.5 Å². The van der Waals surface area contributed by atoms with Crippen molar-refractivity contribution in [1.29, 1.82) is 0 Å². The Labute approximate surface area is 101 Å². The molecule has 0 unspecified atom stereocenters. The van der Waals surface area contributed by atoms with E-state index in [-0.39, 0.29) is 12.6 Å². The number of ether oxygens (including phenoxy) is 1. The van der Waals surface area contributed by atoms with Gasteiger partial charge in [-0.2, -0.15) is 12.6 Å². The summed E-state index contributed by atoms with van der Waals surface area (Å²) < 4.78 is 4.59. The van der Waals surface area contributed by atoms with E-state index in [9.17, 15) is 4.79 Å². The van der Waals surface area contributed by atoms with Crippen LogP contribution in [-0.4, -0.2) is 25.0 Å². The SMILES string of the molecule is CS.NC(=O)OC[C@H](N)Cc1ccccc1. The molecular formula is C11H18N2O2S. The molecule has 1 aromatic rings. The highest BCUT2D eigenvalue weighted by molar-refractivity contribution is 7.79. The lowest BCUT2D eigenvalue weighted by atomic mass is 10.1. The summed E-state index contributed by atoms with van der Waals surface area (Å²) in [5.41, 5.74) is 11.7. The van der Waals surface area contributed by atoms with Gasteiger partial charge in [-0.1, -0.05) is 30.3 Å². The summed E-state index contributed by atoms with van der Waals surface area (Å²) in [7, 11) is 0. The van der Waals surface area contributed by atoms with Crippen molar-refractivity contribution in [3.05, 3.63) is 35.9 Å². The molecule has 1 aromatic carbocycles. The molecule has 0 bridgehead atoms. The molecule has 1 atom stereocenters. The van der Waals surface area contributed by atoms with Crippen LogP contribution in [0.3, 0.4) is 0 Å². The highest BCUT2D eigenvalue weighted by Gasteiger charge is 2.05. The maximum Gasteiger partial charge on any atom is 0.404 e. The van der Waals surface area contributed by atoms with Crippen LogP contribution >= 0.6 is 12.6 Å². The van der Waals surface area contributed by atoms with Gasteiger partial charge in [0.05, 0.1) is 0 Å². The first kappa shape index (κ1) is 14.8. The highest BCUT2D eigenvalue weighted by atomic mass is 32.1. The first-order valence-electron chi connectivity index (χ1n) is 4.85. The molecule has 0 aromatic heterocycles. The second-order valence-corrected chi connectivity index (χ2v) is 3.08. The summed E-state index contributed by atoms with van der Waals surface area (Å²) in [6, 6.07) is 9.57. The predicted octanol–water partition coefficient (Wildman–Crippen LogP) is 1.20. The number of hydrogen-bond donors (Lipinski definition) is 3. The lowest BCUT2D eigenvalue weighted by Gasteiger charge is -2.10. The van der Waals surface area contributed by atoms with E-state index in [1.54, 1.807) is 6.26 Å². The van der Waals surface area contributed by atoms with Crippen LogP contribution in [-0.2, 0) is 11.2 Å². The molecule has 0 spiro atoms. The second kappa shape index (κ2) is 9.06. The van der Waals surface area contributed by atoms with Crippen LogP contribution in [0.4, 0.5) is 4.79 Å². The minimum absolute atomic E-state index is 0.157. The smallest absolute Gasteiger partial charge is 0.404 e. The fraction of sp³-hybridized carbons (Fsp3) is 0.364. The molecule has 5 heteroatoms. The molecule has 90 valence electrons. The molecule has 0 saturated heterocycles. The molecule has 0 aliphatic carbocycles. The van der Waals surface area contributed by atoms with E-state index in [0.29, 0.717) is 6.42 Å². The molecule has 0 radical (unpaired) electrons. The molecule has 1 rings (SSSR count). The highest BCUT2D eigenvalue weighted by Crippen LogP contribution is 2.01. The third-order valence-electron chi connectivity index (χ3n) is 1.78. The fourth-order valence-electron chi connectivity index (χ4n) is 1.16. The topological polar surface area (TPSA) is 78.3 Å². The summed E-state index contributed by atoms with van der Waals surface area (Å²) in [5, 5.41) is 0. The molecule has 4 N–H and O–H groups in total. The number of rotatable bonds is 4. The molecular weight excluding hydrogens is 224 g/mol. The number of hydrogen-bond acceptors (Lipinski definition) is 4. The van der Waals surface area contributed by atoms with Crippen LogP contribution in [0.5, 0.6) is 0 Å². The third kappa shape index (κ3) is 7.14. The van der Waals surface area contributed by atoms with E-state index in [1.165, 1.54) is 0 Å². The molecule has 1 amide bonds. The summed E-state index contributed by atoms with van der Waals surface area (Å²) in [6.45, 7) is 0.157. The van der Waals surface area contributed by atoms with Gasteiger partial charge >= 0.3 is 6.09 Å². The van der Waals surface area contributed by atoms with Crippen LogP contribution in [0.25, 0.3) is 0 Å². The minimum Gasteiger partial charge on any atom is -0.448 e. The Balaban J connectivity index is 0.00000106. The number of primary amides is 1. The Kier molecular flexibility index (Phi) is 8.38. The largest absolute Gasteiger partial charge is 0.448 e. The van der Waals surface area contributed by atoms with Gasteiger partial charge in [-0.05, 0) is 18.2 Å². The maximum absolute atomic E-state index is 10.3. The van der Waals surface area contributed by atoms with Crippen molar-refractivity contribution in [2.45, 2.75) is 12.5 Å². The first-order valence-corrected chi connectivity index (χ1v) is 5.74.